The summed E-state index contributed by atoms with van der Waals surface area (Å²) in [5, 5.41) is 17.9. The number of halogens is 4. The summed E-state index contributed by atoms with van der Waals surface area (Å²) in [5.41, 5.74) is -0.563. The van der Waals surface area contributed by atoms with Crippen molar-refractivity contribution in [1.29, 1.82) is 0 Å². The quantitative estimate of drug-likeness (QED) is 0.800. The van der Waals surface area contributed by atoms with Crippen LogP contribution in [0.15, 0.2) is 18.2 Å². The number of alkyl halides is 3. The number of amides is 1. The number of rotatable bonds is 5. The zero-order valence-corrected chi connectivity index (χ0v) is 14.6. The molecular weight excluding hydrogens is 377 g/mol. The van der Waals surface area contributed by atoms with Crippen molar-refractivity contribution in [2.45, 2.75) is 31.7 Å². The Kier molecular flexibility index (Phi) is 6.02. The maximum absolute atomic E-state index is 12.8. The number of carbonyl (C=O) groups is 2. The van der Waals surface area contributed by atoms with Crippen LogP contribution in [-0.4, -0.2) is 58.8 Å². The van der Waals surface area contributed by atoms with E-state index in [0.29, 0.717) is 12.2 Å². The van der Waals surface area contributed by atoms with Crippen LogP contribution < -0.4 is 4.90 Å². The lowest BCUT2D eigenvalue weighted by Crippen LogP contribution is -2.57. The van der Waals surface area contributed by atoms with Gasteiger partial charge in [-0.3, -0.25) is 9.59 Å². The molecule has 1 aliphatic rings. The number of carboxylic acids is 1. The van der Waals surface area contributed by atoms with E-state index in [1.807, 2.05) is 0 Å². The lowest BCUT2D eigenvalue weighted by molar-refractivity contribution is -0.142. The predicted molar refractivity (Wildman–Crippen MR) is 88.1 cm³/mol. The van der Waals surface area contributed by atoms with E-state index in [-0.39, 0.29) is 19.0 Å². The summed E-state index contributed by atoms with van der Waals surface area (Å²) >= 11 is 5.73. The molecule has 0 spiro atoms. The summed E-state index contributed by atoms with van der Waals surface area (Å²) in [6.45, 7) is 1.99. The largest absolute Gasteiger partial charge is 0.481 e. The van der Waals surface area contributed by atoms with Crippen LogP contribution in [0.2, 0.25) is 5.02 Å². The first-order valence-electron chi connectivity index (χ1n) is 7.82. The zero-order chi connectivity index (χ0) is 19.6. The number of aliphatic carboxylic acids is 1. The van der Waals surface area contributed by atoms with E-state index in [1.165, 1.54) is 17.0 Å². The van der Waals surface area contributed by atoms with Crippen molar-refractivity contribution in [2.75, 3.05) is 24.5 Å². The van der Waals surface area contributed by atoms with E-state index in [4.69, 9.17) is 16.7 Å². The maximum Gasteiger partial charge on any atom is 0.417 e. The topological polar surface area (TPSA) is 81.1 Å². The molecule has 26 heavy (non-hydrogen) atoms. The van der Waals surface area contributed by atoms with Crippen LogP contribution in [0.5, 0.6) is 0 Å². The molecule has 1 amide bonds. The fraction of sp³-hybridized carbons (Fsp3) is 0.500. The van der Waals surface area contributed by atoms with Crippen LogP contribution in [0.1, 0.15) is 18.9 Å². The number of aliphatic hydroxyl groups is 1. The lowest BCUT2D eigenvalue weighted by Gasteiger charge is -2.41. The molecule has 1 fully saturated rings. The van der Waals surface area contributed by atoms with E-state index in [0.717, 1.165) is 6.07 Å². The summed E-state index contributed by atoms with van der Waals surface area (Å²) in [7, 11) is 0. The number of benzene rings is 1. The SMILES string of the molecule is CC1C(=O)N(CC(O)CC(=O)O)CCN1c1ccc(C(F)(F)F)c(Cl)c1. The molecule has 1 aromatic carbocycles. The minimum atomic E-state index is -4.56. The van der Waals surface area contributed by atoms with Gasteiger partial charge in [-0.2, -0.15) is 13.2 Å². The Morgan fingerprint density at radius 2 is 2.04 bits per heavy atom. The minimum Gasteiger partial charge on any atom is -0.481 e. The number of hydrogen-bond acceptors (Lipinski definition) is 4. The molecule has 1 aromatic rings. The van der Waals surface area contributed by atoms with Crippen molar-refractivity contribution < 1.29 is 33.0 Å². The van der Waals surface area contributed by atoms with Gasteiger partial charge in [-0.25, -0.2) is 0 Å². The Labute approximate surface area is 152 Å². The second kappa shape index (κ2) is 7.71. The number of anilines is 1. The number of piperazine rings is 1. The number of hydrogen-bond donors (Lipinski definition) is 2. The van der Waals surface area contributed by atoms with E-state index in [1.54, 1.807) is 11.8 Å². The summed E-state index contributed by atoms with van der Waals surface area (Å²) in [6, 6.07) is 2.61. The van der Waals surface area contributed by atoms with Crippen molar-refractivity contribution in [1.82, 2.24) is 4.90 Å². The highest BCUT2D eigenvalue weighted by atomic mass is 35.5. The first-order valence-corrected chi connectivity index (χ1v) is 8.20. The Bertz CT molecular complexity index is 699. The van der Waals surface area contributed by atoms with Crippen LogP contribution in [0.25, 0.3) is 0 Å². The predicted octanol–water partition coefficient (Wildman–Crippen LogP) is 2.23. The highest BCUT2D eigenvalue weighted by Crippen LogP contribution is 2.37. The van der Waals surface area contributed by atoms with Gasteiger partial charge in [-0.05, 0) is 25.1 Å². The molecule has 1 aliphatic heterocycles. The number of β-amino-alcohol motifs (C(OH)–C–C–N with tert-alkyl or cyclic N) is 1. The lowest BCUT2D eigenvalue weighted by atomic mass is 10.1. The zero-order valence-electron chi connectivity index (χ0n) is 13.8. The van der Waals surface area contributed by atoms with Gasteiger partial charge in [0.1, 0.15) is 6.04 Å². The molecule has 144 valence electrons. The van der Waals surface area contributed by atoms with Crippen LogP contribution in [0, 0.1) is 0 Å². The average Bonchev–Trinajstić information content (AvgIpc) is 2.50. The molecule has 0 aliphatic carbocycles. The molecule has 0 aromatic heterocycles. The molecule has 0 saturated carbocycles. The monoisotopic (exact) mass is 394 g/mol. The van der Waals surface area contributed by atoms with E-state index in [2.05, 4.69) is 0 Å². The molecule has 10 heteroatoms. The number of aliphatic hydroxyl groups excluding tert-OH is 1. The highest BCUT2D eigenvalue weighted by molar-refractivity contribution is 6.31. The summed E-state index contributed by atoms with van der Waals surface area (Å²) in [5.74, 6) is -1.52. The Hall–Kier alpha value is -2.00. The average molecular weight is 395 g/mol. The van der Waals surface area contributed by atoms with E-state index < -0.39 is 41.3 Å². The van der Waals surface area contributed by atoms with Gasteiger partial charge in [0.05, 0.1) is 23.1 Å². The molecule has 0 radical (unpaired) electrons. The fourth-order valence-corrected chi connectivity index (χ4v) is 3.18. The molecule has 0 bridgehead atoms. The van der Waals surface area contributed by atoms with Gasteiger partial charge in [0.2, 0.25) is 5.91 Å². The van der Waals surface area contributed by atoms with Gasteiger partial charge >= 0.3 is 12.1 Å². The van der Waals surface area contributed by atoms with Crippen LogP contribution in [-0.2, 0) is 15.8 Å². The number of carboxylic acid groups (broad SMARTS) is 1. The molecule has 1 saturated heterocycles. The van der Waals surface area contributed by atoms with Gasteiger partial charge in [-0.15, -0.1) is 0 Å². The molecule has 6 nitrogen and oxygen atoms in total. The molecule has 2 atom stereocenters. The third-order valence-electron chi connectivity index (χ3n) is 4.18. The fourth-order valence-electron chi connectivity index (χ4n) is 2.90. The van der Waals surface area contributed by atoms with Crippen molar-refractivity contribution in [3.8, 4) is 0 Å². The van der Waals surface area contributed by atoms with Crippen molar-refractivity contribution >= 4 is 29.2 Å². The van der Waals surface area contributed by atoms with Gasteiger partial charge in [0.15, 0.2) is 0 Å². The normalized spacial score (nSPS) is 19.6. The number of nitrogens with zero attached hydrogens (tertiary/aromatic N) is 2. The number of carbonyl (C=O) groups excluding carboxylic acids is 1. The van der Waals surface area contributed by atoms with Crippen LogP contribution >= 0.6 is 11.6 Å². The summed E-state index contributed by atoms with van der Waals surface area (Å²) in [6.07, 6.45) is -6.22. The van der Waals surface area contributed by atoms with Crippen LogP contribution in [0.4, 0.5) is 18.9 Å². The van der Waals surface area contributed by atoms with Gasteiger partial charge in [0.25, 0.3) is 0 Å². The third-order valence-corrected chi connectivity index (χ3v) is 4.49. The van der Waals surface area contributed by atoms with Crippen molar-refractivity contribution in [3.05, 3.63) is 28.8 Å². The standard InChI is InChI=1S/C16H18ClF3N2O4/c1-9-15(26)21(8-11(23)7-14(24)25)4-5-22(9)10-2-3-12(13(17)6-10)16(18,19)20/h2-3,6,9,11,23H,4-5,7-8H2,1H3,(H,24,25). The second-order valence-corrected chi connectivity index (χ2v) is 6.47. The Morgan fingerprint density at radius 3 is 2.58 bits per heavy atom. The Morgan fingerprint density at radius 1 is 1.38 bits per heavy atom. The Balaban J connectivity index is 2.11. The summed E-state index contributed by atoms with van der Waals surface area (Å²) in [4.78, 5) is 26.0. The second-order valence-electron chi connectivity index (χ2n) is 6.07. The van der Waals surface area contributed by atoms with Crippen LogP contribution in [0.3, 0.4) is 0 Å². The van der Waals surface area contributed by atoms with E-state index >= 15 is 0 Å². The maximum atomic E-state index is 12.8. The molecule has 2 rings (SSSR count). The first kappa shape index (κ1) is 20.3. The van der Waals surface area contributed by atoms with Gasteiger partial charge in [-0.1, -0.05) is 11.6 Å². The summed E-state index contributed by atoms with van der Waals surface area (Å²) < 4.78 is 38.4. The third kappa shape index (κ3) is 4.59. The minimum absolute atomic E-state index is 0.114. The molecule has 1 heterocycles. The smallest absolute Gasteiger partial charge is 0.417 e. The van der Waals surface area contributed by atoms with Gasteiger partial charge < -0.3 is 20.0 Å². The van der Waals surface area contributed by atoms with E-state index in [9.17, 15) is 27.9 Å². The van der Waals surface area contributed by atoms with Crippen molar-refractivity contribution in [2.24, 2.45) is 0 Å². The van der Waals surface area contributed by atoms with Crippen molar-refractivity contribution in [3.63, 3.8) is 0 Å². The molecule has 2 unspecified atom stereocenters. The molecular formula is C16H18ClF3N2O4. The highest BCUT2D eigenvalue weighted by Gasteiger charge is 2.35. The molecule has 2 N–H and O–H groups in total. The first-order chi connectivity index (χ1) is 12.0. The van der Waals surface area contributed by atoms with Gasteiger partial charge in [0, 0.05) is 25.3 Å².